The normalized spacial score (nSPS) is 10.7. The van der Waals surface area contributed by atoms with Crippen LogP contribution < -0.4 is 10.6 Å². The Morgan fingerprint density at radius 3 is 2.29 bits per heavy atom. The van der Waals surface area contributed by atoms with Crippen molar-refractivity contribution >= 4 is 23.5 Å². The van der Waals surface area contributed by atoms with Crippen LogP contribution in [0.25, 0.3) is 0 Å². The molecule has 31 heavy (non-hydrogen) atoms. The van der Waals surface area contributed by atoms with Crippen LogP contribution in [0.5, 0.6) is 0 Å². The largest absolute Gasteiger partial charge is 0.461 e. The van der Waals surface area contributed by atoms with Crippen molar-refractivity contribution < 1.29 is 14.3 Å². The number of anilines is 2. The zero-order valence-corrected chi connectivity index (χ0v) is 18.9. The summed E-state index contributed by atoms with van der Waals surface area (Å²) in [5.74, 6) is 0.139. The molecule has 8 nitrogen and oxygen atoms in total. The van der Waals surface area contributed by atoms with Gasteiger partial charge in [0, 0.05) is 36.6 Å². The van der Waals surface area contributed by atoms with Gasteiger partial charge in [0.1, 0.15) is 6.61 Å². The van der Waals surface area contributed by atoms with Gasteiger partial charge in [-0.15, -0.1) is 0 Å². The van der Waals surface area contributed by atoms with Gasteiger partial charge in [-0.3, -0.25) is 4.79 Å². The highest BCUT2D eigenvalue weighted by Gasteiger charge is 2.09. The first kappa shape index (κ1) is 24.3. The predicted octanol–water partition coefficient (Wildman–Crippen LogP) is 3.42. The van der Waals surface area contributed by atoms with Gasteiger partial charge in [0.05, 0.1) is 5.56 Å². The van der Waals surface area contributed by atoms with Crippen LogP contribution in [0.1, 0.15) is 48.4 Å². The Balaban J connectivity index is 1.70. The van der Waals surface area contributed by atoms with E-state index in [1.165, 1.54) is 0 Å². The van der Waals surface area contributed by atoms with Gasteiger partial charge in [-0.25, -0.2) is 14.8 Å². The monoisotopic (exact) mass is 427 g/mol. The Morgan fingerprint density at radius 1 is 1.03 bits per heavy atom. The fourth-order valence-electron chi connectivity index (χ4n) is 3.06. The highest BCUT2D eigenvalue weighted by atomic mass is 16.5. The summed E-state index contributed by atoms with van der Waals surface area (Å²) >= 11 is 0. The molecule has 0 aliphatic rings. The number of amides is 1. The number of hydrogen-bond acceptors (Lipinski definition) is 7. The highest BCUT2D eigenvalue weighted by Crippen LogP contribution is 2.12. The summed E-state index contributed by atoms with van der Waals surface area (Å²) in [5, 5.41) is 5.98. The SMILES string of the molecule is CCN(CC)CCOC(=O)c1ccc(NC(=O)CCCNc2nc(C)cc(C)n2)cc1. The molecule has 1 aromatic heterocycles. The van der Waals surface area contributed by atoms with Crippen LogP contribution in [-0.2, 0) is 9.53 Å². The van der Waals surface area contributed by atoms with Crippen LogP contribution in [0.4, 0.5) is 11.6 Å². The van der Waals surface area contributed by atoms with Crippen molar-refractivity contribution in [3.8, 4) is 0 Å². The summed E-state index contributed by atoms with van der Waals surface area (Å²) in [4.78, 5) is 35.1. The number of nitrogens with one attached hydrogen (secondary N) is 2. The maximum absolute atomic E-state index is 12.1. The van der Waals surface area contributed by atoms with Crippen molar-refractivity contribution in [2.24, 2.45) is 0 Å². The smallest absolute Gasteiger partial charge is 0.338 e. The number of benzene rings is 1. The number of likely N-dealkylation sites (N-methyl/N-ethyl adjacent to an activating group) is 1. The third kappa shape index (κ3) is 8.72. The van der Waals surface area contributed by atoms with Crippen molar-refractivity contribution in [2.45, 2.75) is 40.5 Å². The minimum Gasteiger partial charge on any atom is -0.461 e. The summed E-state index contributed by atoms with van der Waals surface area (Å²) in [7, 11) is 0. The number of nitrogens with zero attached hydrogens (tertiary/aromatic N) is 3. The number of esters is 1. The predicted molar refractivity (Wildman–Crippen MR) is 122 cm³/mol. The number of carbonyl (C=O) groups excluding carboxylic acids is 2. The fourth-order valence-corrected chi connectivity index (χ4v) is 3.06. The van der Waals surface area contributed by atoms with E-state index in [0.29, 0.717) is 43.2 Å². The van der Waals surface area contributed by atoms with Gasteiger partial charge in [0.2, 0.25) is 11.9 Å². The molecule has 0 saturated heterocycles. The second-order valence-corrected chi connectivity index (χ2v) is 7.29. The number of aromatic nitrogens is 2. The van der Waals surface area contributed by atoms with Gasteiger partial charge in [0.15, 0.2) is 0 Å². The van der Waals surface area contributed by atoms with Crippen molar-refractivity contribution in [3.63, 3.8) is 0 Å². The fraction of sp³-hybridized carbons (Fsp3) is 0.478. The average Bonchev–Trinajstić information content (AvgIpc) is 2.74. The number of ether oxygens (including phenoxy) is 1. The molecule has 0 atom stereocenters. The quantitative estimate of drug-likeness (QED) is 0.396. The third-order valence-electron chi connectivity index (χ3n) is 4.79. The van der Waals surface area contributed by atoms with Crippen molar-refractivity contribution in [2.75, 3.05) is 43.4 Å². The average molecular weight is 428 g/mol. The number of rotatable bonds is 12. The molecular weight excluding hydrogens is 394 g/mol. The molecule has 0 fully saturated rings. The van der Waals surface area contributed by atoms with Gasteiger partial charge in [0.25, 0.3) is 0 Å². The molecule has 8 heteroatoms. The molecule has 0 aliphatic carbocycles. The van der Waals surface area contributed by atoms with Gasteiger partial charge in [-0.05, 0) is 63.7 Å². The molecule has 0 unspecified atom stereocenters. The maximum atomic E-state index is 12.1. The first-order valence-corrected chi connectivity index (χ1v) is 10.8. The molecule has 2 N–H and O–H groups in total. The number of hydrogen-bond donors (Lipinski definition) is 2. The Hall–Kier alpha value is -3.00. The molecule has 1 heterocycles. The van der Waals surface area contributed by atoms with Crippen LogP contribution in [0.3, 0.4) is 0 Å². The van der Waals surface area contributed by atoms with E-state index >= 15 is 0 Å². The zero-order valence-electron chi connectivity index (χ0n) is 18.9. The molecule has 0 radical (unpaired) electrons. The lowest BCUT2D eigenvalue weighted by molar-refractivity contribution is -0.116. The molecule has 0 saturated carbocycles. The van der Waals surface area contributed by atoms with E-state index in [-0.39, 0.29) is 11.9 Å². The summed E-state index contributed by atoms with van der Waals surface area (Å²) in [6, 6.07) is 8.65. The highest BCUT2D eigenvalue weighted by molar-refractivity contribution is 5.93. The minimum atomic E-state index is -0.357. The standard InChI is InChI=1S/C23H33N5O3/c1-5-28(6-2)14-15-31-22(30)19-9-11-20(12-10-19)27-21(29)8-7-13-24-23-25-17(3)16-18(4)26-23/h9-12,16H,5-8,13-15H2,1-4H3,(H,27,29)(H,24,25,26). The van der Waals surface area contributed by atoms with Crippen LogP contribution in [0.2, 0.25) is 0 Å². The third-order valence-corrected chi connectivity index (χ3v) is 4.79. The molecule has 168 valence electrons. The lowest BCUT2D eigenvalue weighted by Gasteiger charge is -2.17. The second-order valence-electron chi connectivity index (χ2n) is 7.29. The van der Waals surface area contributed by atoms with E-state index in [1.54, 1.807) is 24.3 Å². The lowest BCUT2D eigenvalue weighted by atomic mass is 10.2. The molecule has 0 aliphatic heterocycles. The van der Waals surface area contributed by atoms with Crippen molar-refractivity contribution in [3.05, 3.63) is 47.3 Å². The summed E-state index contributed by atoms with van der Waals surface area (Å²) in [6.45, 7) is 11.5. The van der Waals surface area contributed by atoms with Crippen molar-refractivity contribution in [1.29, 1.82) is 0 Å². The van der Waals surface area contributed by atoms with Crippen LogP contribution in [-0.4, -0.2) is 59.5 Å². The Kier molecular flexibility index (Phi) is 9.90. The number of carbonyl (C=O) groups is 2. The van der Waals surface area contributed by atoms with E-state index in [0.717, 1.165) is 31.0 Å². The zero-order chi connectivity index (χ0) is 22.6. The Bertz CT molecular complexity index is 831. The minimum absolute atomic E-state index is 0.0855. The van der Waals surface area contributed by atoms with E-state index in [9.17, 15) is 9.59 Å². The molecule has 2 aromatic rings. The molecule has 1 amide bonds. The van der Waals surface area contributed by atoms with E-state index in [2.05, 4.69) is 39.3 Å². The van der Waals surface area contributed by atoms with Crippen LogP contribution in [0, 0.1) is 13.8 Å². The van der Waals surface area contributed by atoms with E-state index in [1.807, 2.05) is 19.9 Å². The lowest BCUT2D eigenvalue weighted by Crippen LogP contribution is -2.27. The summed E-state index contributed by atoms with van der Waals surface area (Å²) in [6.07, 6.45) is 1.02. The first-order valence-electron chi connectivity index (χ1n) is 10.8. The second kappa shape index (κ2) is 12.6. The van der Waals surface area contributed by atoms with Gasteiger partial charge in [-0.2, -0.15) is 0 Å². The topological polar surface area (TPSA) is 96.5 Å². The van der Waals surface area contributed by atoms with Gasteiger partial charge >= 0.3 is 5.97 Å². The van der Waals surface area contributed by atoms with E-state index in [4.69, 9.17) is 4.74 Å². The Morgan fingerprint density at radius 2 is 1.68 bits per heavy atom. The van der Waals surface area contributed by atoms with E-state index < -0.39 is 0 Å². The summed E-state index contributed by atoms with van der Waals surface area (Å²) < 4.78 is 5.31. The molecule has 2 rings (SSSR count). The molecule has 0 spiro atoms. The number of aryl methyl sites for hydroxylation is 2. The van der Waals surface area contributed by atoms with Crippen molar-refractivity contribution in [1.82, 2.24) is 14.9 Å². The molecular formula is C23H33N5O3. The van der Waals surface area contributed by atoms with Gasteiger partial charge < -0.3 is 20.3 Å². The Labute approximate surface area is 184 Å². The van der Waals surface area contributed by atoms with Crippen LogP contribution >= 0.6 is 0 Å². The van der Waals surface area contributed by atoms with Crippen LogP contribution in [0.15, 0.2) is 30.3 Å². The molecule has 0 bridgehead atoms. The maximum Gasteiger partial charge on any atom is 0.338 e. The first-order chi connectivity index (χ1) is 14.9. The van der Waals surface area contributed by atoms with Gasteiger partial charge in [-0.1, -0.05) is 13.8 Å². The molecule has 1 aromatic carbocycles. The summed E-state index contributed by atoms with van der Waals surface area (Å²) in [5.41, 5.74) is 2.93.